The molecular weight excluding hydrogens is 284 g/mol. The fourth-order valence-electron chi connectivity index (χ4n) is 2.14. The average Bonchev–Trinajstić information content (AvgIpc) is 2.51. The van der Waals surface area contributed by atoms with Crippen molar-refractivity contribution >= 4 is 28.5 Å². The number of pyridine rings is 1. The molecule has 0 amide bonds. The third-order valence-corrected chi connectivity index (χ3v) is 4.68. The number of anilines is 1. The third kappa shape index (κ3) is 4.02. The number of hydrogen-bond acceptors (Lipinski definition) is 5. The second-order valence-electron chi connectivity index (χ2n) is 4.94. The van der Waals surface area contributed by atoms with Gasteiger partial charge in [0.1, 0.15) is 11.6 Å². The molecule has 2 N–H and O–H groups in total. The Bertz CT molecular complexity index is 604. The molecule has 0 saturated carbocycles. The molecule has 0 aliphatic rings. The molecule has 1 heterocycles. The Morgan fingerprint density at radius 3 is 2.86 bits per heavy atom. The summed E-state index contributed by atoms with van der Waals surface area (Å²) in [5, 5.41) is 13.7. The first-order valence-electron chi connectivity index (χ1n) is 7.05. The van der Waals surface area contributed by atoms with Crippen molar-refractivity contribution in [3.8, 4) is 5.75 Å². The number of fused-ring (bicyclic) bond motifs is 1. The number of benzene rings is 1. The number of hydrogen-bond donors (Lipinski definition) is 2. The molecule has 2 aromatic rings. The fraction of sp³-hybridized carbons (Fsp3) is 0.438. The maximum atomic E-state index is 8.98. The lowest BCUT2D eigenvalue weighted by Crippen LogP contribution is -2.03. The Balaban J connectivity index is 2.26. The van der Waals surface area contributed by atoms with Crippen LogP contribution in [0.1, 0.15) is 18.9 Å². The summed E-state index contributed by atoms with van der Waals surface area (Å²) in [5.41, 5.74) is 2.11. The SMILES string of the molecule is CNc1nc2cc(OC)ccc2cc1CSC(C)CCO. The standard InChI is InChI=1S/C16H22N2O2S/c1-11(6-7-19)21-10-13-8-12-4-5-14(20-3)9-15(12)18-16(13)17-2/h4-5,8-9,11,19H,6-7,10H2,1-3H3,(H,17,18). The zero-order chi connectivity index (χ0) is 15.2. The molecule has 114 valence electrons. The first kappa shape index (κ1) is 15.9. The van der Waals surface area contributed by atoms with E-state index in [9.17, 15) is 0 Å². The first-order chi connectivity index (χ1) is 10.2. The van der Waals surface area contributed by atoms with E-state index in [0.29, 0.717) is 5.25 Å². The number of aliphatic hydroxyl groups excluding tert-OH is 1. The smallest absolute Gasteiger partial charge is 0.130 e. The topological polar surface area (TPSA) is 54.4 Å². The highest BCUT2D eigenvalue weighted by atomic mass is 32.2. The minimum atomic E-state index is 0.239. The van der Waals surface area contributed by atoms with E-state index in [-0.39, 0.29) is 6.61 Å². The Hall–Kier alpha value is -1.46. The van der Waals surface area contributed by atoms with E-state index in [1.165, 1.54) is 5.56 Å². The molecule has 4 nitrogen and oxygen atoms in total. The number of rotatable bonds is 7. The highest BCUT2D eigenvalue weighted by Gasteiger charge is 2.09. The second-order valence-corrected chi connectivity index (χ2v) is 6.37. The van der Waals surface area contributed by atoms with Crippen molar-refractivity contribution in [3.63, 3.8) is 0 Å². The number of nitrogens with one attached hydrogen (secondary N) is 1. The molecule has 0 fully saturated rings. The van der Waals surface area contributed by atoms with Gasteiger partial charge in [-0.25, -0.2) is 4.98 Å². The minimum absolute atomic E-state index is 0.239. The molecule has 2 rings (SSSR count). The third-order valence-electron chi connectivity index (χ3n) is 3.40. The van der Waals surface area contributed by atoms with E-state index >= 15 is 0 Å². The zero-order valence-electron chi connectivity index (χ0n) is 12.7. The molecule has 0 bridgehead atoms. The zero-order valence-corrected chi connectivity index (χ0v) is 13.5. The van der Waals surface area contributed by atoms with Gasteiger partial charge in [-0.2, -0.15) is 11.8 Å². The van der Waals surface area contributed by atoms with Gasteiger partial charge >= 0.3 is 0 Å². The molecule has 1 aromatic heterocycles. The maximum Gasteiger partial charge on any atom is 0.130 e. The van der Waals surface area contributed by atoms with Crippen molar-refractivity contribution in [2.45, 2.75) is 24.3 Å². The van der Waals surface area contributed by atoms with Crippen molar-refractivity contribution in [3.05, 3.63) is 29.8 Å². The van der Waals surface area contributed by atoms with E-state index in [4.69, 9.17) is 9.84 Å². The van der Waals surface area contributed by atoms with Crippen LogP contribution in [0.15, 0.2) is 24.3 Å². The summed E-state index contributed by atoms with van der Waals surface area (Å²) in [6.45, 7) is 2.38. The summed E-state index contributed by atoms with van der Waals surface area (Å²) >= 11 is 1.84. The van der Waals surface area contributed by atoms with Gasteiger partial charge in [-0.15, -0.1) is 0 Å². The van der Waals surface area contributed by atoms with Crippen molar-refractivity contribution in [1.82, 2.24) is 4.98 Å². The predicted octanol–water partition coefficient (Wildman–Crippen LogP) is 3.29. The summed E-state index contributed by atoms with van der Waals surface area (Å²) in [7, 11) is 3.55. The summed E-state index contributed by atoms with van der Waals surface area (Å²) in [4.78, 5) is 4.67. The van der Waals surface area contributed by atoms with Crippen LogP contribution in [0, 0.1) is 0 Å². The second kappa shape index (κ2) is 7.52. The van der Waals surface area contributed by atoms with E-state index in [2.05, 4.69) is 23.3 Å². The summed E-state index contributed by atoms with van der Waals surface area (Å²) < 4.78 is 5.24. The molecule has 1 unspecified atom stereocenters. The van der Waals surface area contributed by atoms with Crippen LogP contribution in [0.2, 0.25) is 0 Å². The number of aromatic nitrogens is 1. The van der Waals surface area contributed by atoms with Gasteiger partial charge in [0.25, 0.3) is 0 Å². The molecule has 5 heteroatoms. The molecule has 0 saturated heterocycles. The van der Waals surface area contributed by atoms with Crippen molar-refractivity contribution in [2.24, 2.45) is 0 Å². The lowest BCUT2D eigenvalue weighted by molar-refractivity contribution is 0.289. The first-order valence-corrected chi connectivity index (χ1v) is 8.10. The van der Waals surface area contributed by atoms with Crippen LogP contribution in [0.3, 0.4) is 0 Å². The monoisotopic (exact) mass is 306 g/mol. The number of methoxy groups -OCH3 is 1. The molecule has 0 aliphatic heterocycles. The molecular formula is C16H22N2O2S. The van der Waals surface area contributed by atoms with Crippen LogP contribution in [-0.4, -0.2) is 36.1 Å². The van der Waals surface area contributed by atoms with Crippen LogP contribution in [0.4, 0.5) is 5.82 Å². The van der Waals surface area contributed by atoms with Crippen LogP contribution in [-0.2, 0) is 5.75 Å². The van der Waals surface area contributed by atoms with Gasteiger partial charge in [0, 0.05) is 41.7 Å². The lowest BCUT2D eigenvalue weighted by atomic mass is 10.1. The van der Waals surface area contributed by atoms with Gasteiger partial charge in [-0.1, -0.05) is 6.92 Å². The Labute approximate surface area is 129 Å². The van der Waals surface area contributed by atoms with Crippen LogP contribution >= 0.6 is 11.8 Å². The predicted molar refractivity (Wildman–Crippen MR) is 90.3 cm³/mol. The fourth-order valence-corrected chi connectivity index (χ4v) is 3.10. The largest absolute Gasteiger partial charge is 0.497 e. The van der Waals surface area contributed by atoms with Gasteiger partial charge in [0.2, 0.25) is 0 Å². The molecule has 21 heavy (non-hydrogen) atoms. The summed E-state index contributed by atoms with van der Waals surface area (Å²) in [5.74, 6) is 2.60. The van der Waals surface area contributed by atoms with E-state index in [1.807, 2.05) is 37.0 Å². The number of aliphatic hydroxyl groups is 1. The van der Waals surface area contributed by atoms with E-state index in [1.54, 1.807) is 7.11 Å². The van der Waals surface area contributed by atoms with Crippen LogP contribution < -0.4 is 10.1 Å². The van der Waals surface area contributed by atoms with Crippen LogP contribution in [0.5, 0.6) is 5.75 Å². The Morgan fingerprint density at radius 1 is 1.38 bits per heavy atom. The van der Waals surface area contributed by atoms with E-state index < -0.39 is 0 Å². The van der Waals surface area contributed by atoms with Crippen LogP contribution in [0.25, 0.3) is 10.9 Å². The highest BCUT2D eigenvalue weighted by molar-refractivity contribution is 7.99. The average molecular weight is 306 g/mol. The van der Waals surface area contributed by atoms with E-state index in [0.717, 1.165) is 34.6 Å². The van der Waals surface area contributed by atoms with Crippen molar-refractivity contribution in [2.75, 3.05) is 26.1 Å². The molecule has 1 aromatic carbocycles. The van der Waals surface area contributed by atoms with Gasteiger partial charge in [0.15, 0.2) is 0 Å². The molecule has 0 radical (unpaired) electrons. The van der Waals surface area contributed by atoms with Gasteiger partial charge in [-0.3, -0.25) is 0 Å². The maximum absolute atomic E-state index is 8.98. The number of ether oxygens (including phenoxy) is 1. The Kier molecular flexibility index (Phi) is 5.70. The number of thioether (sulfide) groups is 1. The lowest BCUT2D eigenvalue weighted by Gasteiger charge is -2.13. The van der Waals surface area contributed by atoms with Gasteiger partial charge in [-0.05, 0) is 24.6 Å². The summed E-state index contributed by atoms with van der Waals surface area (Å²) in [6.07, 6.45) is 0.817. The van der Waals surface area contributed by atoms with Crippen molar-refractivity contribution in [1.29, 1.82) is 0 Å². The summed E-state index contributed by atoms with van der Waals surface area (Å²) in [6, 6.07) is 8.11. The van der Waals surface area contributed by atoms with Gasteiger partial charge < -0.3 is 15.2 Å². The normalized spacial score (nSPS) is 12.4. The molecule has 0 aliphatic carbocycles. The van der Waals surface area contributed by atoms with Gasteiger partial charge in [0.05, 0.1) is 12.6 Å². The quantitative estimate of drug-likeness (QED) is 0.822. The van der Waals surface area contributed by atoms with Crippen molar-refractivity contribution < 1.29 is 9.84 Å². The minimum Gasteiger partial charge on any atom is -0.497 e. The number of nitrogens with zero attached hydrogens (tertiary/aromatic N) is 1. The molecule has 0 spiro atoms. The Morgan fingerprint density at radius 2 is 2.19 bits per heavy atom. The molecule has 1 atom stereocenters. The highest BCUT2D eigenvalue weighted by Crippen LogP contribution is 2.28.